The Labute approximate surface area is 165 Å². The van der Waals surface area contributed by atoms with Crippen LogP contribution in [0.4, 0.5) is 0 Å². The van der Waals surface area contributed by atoms with Crippen molar-refractivity contribution in [3.63, 3.8) is 0 Å². The van der Waals surface area contributed by atoms with Crippen molar-refractivity contribution in [2.45, 2.75) is 97.8 Å². The van der Waals surface area contributed by atoms with Crippen molar-refractivity contribution in [2.75, 3.05) is 0 Å². The van der Waals surface area contributed by atoms with Crippen molar-refractivity contribution in [3.05, 3.63) is 29.3 Å². The Morgan fingerprint density at radius 1 is 1.00 bits per heavy atom. The zero-order valence-corrected chi connectivity index (χ0v) is 17.5. The molecule has 1 aromatic carbocycles. The Bertz CT molecular complexity index is 609. The molecule has 3 nitrogen and oxygen atoms in total. The molecule has 0 aliphatic heterocycles. The summed E-state index contributed by atoms with van der Waals surface area (Å²) in [5.41, 5.74) is 2.41. The highest BCUT2D eigenvalue weighted by molar-refractivity contribution is 5.77. The molecule has 0 bridgehead atoms. The molecule has 2 rings (SSSR count). The minimum absolute atomic E-state index is 0.386. The lowest BCUT2D eigenvalue weighted by Gasteiger charge is -2.17. The summed E-state index contributed by atoms with van der Waals surface area (Å²) in [6.45, 7) is 6.86. The van der Waals surface area contributed by atoms with Gasteiger partial charge in [0, 0.05) is 0 Å². The zero-order chi connectivity index (χ0) is 19.9. The standard InChI is InChI=1S/C24H38O3/c1-23(2,3)15-8-5-7-13-20-19(12-10-14-21(20)25)11-6-4-9-16-24(17-18-24)22(26)27/h10,12,14,25H,4-9,11,13,15-18H2,1-3H3,(H,26,27). The van der Waals surface area contributed by atoms with Gasteiger partial charge in [-0.2, -0.15) is 0 Å². The third-order valence-corrected chi connectivity index (χ3v) is 6.01. The first-order chi connectivity index (χ1) is 12.7. The van der Waals surface area contributed by atoms with E-state index in [9.17, 15) is 15.0 Å². The van der Waals surface area contributed by atoms with Crippen molar-refractivity contribution in [3.8, 4) is 5.75 Å². The van der Waals surface area contributed by atoms with Crippen molar-refractivity contribution >= 4 is 5.97 Å². The van der Waals surface area contributed by atoms with E-state index in [0.717, 1.165) is 63.4 Å². The molecule has 0 spiro atoms. The van der Waals surface area contributed by atoms with Gasteiger partial charge >= 0.3 is 5.97 Å². The molecule has 0 radical (unpaired) electrons. The second-order valence-corrected chi connectivity index (χ2v) is 9.68. The molecule has 152 valence electrons. The SMILES string of the molecule is CC(C)(C)CCCCCc1c(O)cccc1CCCCCC1(C(=O)O)CC1. The van der Waals surface area contributed by atoms with Gasteiger partial charge in [0.05, 0.1) is 5.41 Å². The van der Waals surface area contributed by atoms with Crippen molar-refractivity contribution in [1.82, 2.24) is 0 Å². The number of phenolic OH excluding ortho intramolecular Hbond substituents is 1. The first-order valence-electron chi connectivity index (χ1n) is 10.8. The fourth-order valence-electron chi connectivity index (χ4n) is 3.96. The van der Waals surface area contributed by atoms with Crippen LogP contribution in [0.5, 0.6) is 5.75 Å². The Morgan fingerprint density at radius 2 is 1.67 bits per heavy atom. The predicted molar refractivity (Wildman–Crippen MR) is 111 cm³/mol. The highest BCUT2D eigenvalue weighted by atomic mass is 16.4. The molecule has 1 aliphatic carbocycles. The van der Waals surface area contributed by atoms with Crippen molar-refractivity contribution < 1.29 is 15.0 Å². The number of carboxylic acid groups (broad SMARTS) is 1. The van der Waals surface area contributed by atoms with Gasteiger partial charge in [-0.1, -0.05) is 58.6 Å². The first kappa shape index (κ1) is 21.8. The smallest absolute Gasteiger partial charge is 0.309 e. The van der Waals surface area contributed by atoms with Crippen LogP contribution in [-0.2, 0) is 17.6 Å². The van der Waals surface area contributed by atoms with Crippen LogP contribution >= 0.6 is 0 Å². The lowest BCUT2D eigenvalue weighted by atomic mass is 9.89. The van der Waals surface area contributed by atoms with E-state index in [2.05, 4.69) is 26.8 Å². The van der Waals surface area contributed by atoms with Gasteiger partial charge in [0.25, 0.3) is 0 Å². The number of aryl methyl sites for hydroxylation is 1. The van der Waals surface area contributed by atoms with Crippen LogP contribution in [0.1, 0.15) is 96.1 Å². The van der Waals surface area contributed by atoms with Gasteiger partial charge in [-0.25, -0.2) is 0 Å². The Morgan fingerprint density at radius 3 is 2.30 bits per heavy atom. The molecular weight excluding hydrogens is 336 g/mol. The van der Waals surface area contributed by atoms with Gasteiger partial charge in [-0.05, 0) is 74.0 Å². The quantitative estimate of drug-likeness (QED) is 0.410. The molecule has 1 saturated carbocycles. The van der Waals surface area contributed by atoms with E-state index < -0.39 is 5.97 Å². The number of benzene rings is 1. The molecule has 0 heterocycles. The molecule has 0 saturated heterocycles. The number of hydrogen-bond donors (Lipinski definition) is 2. The van der Waals surface area contributed by atoms with Crippen LogP contribution in [0.2, 0.25) is 0 Å². The second-order valence-electron chi connectivity index (χ2n) is 9.68. The van der Waals surface area contributed by atoms with Gasteiger partial charge in [0.1, 0.15) is 5.75 Å². The lowest BCUT2D eigenvalue weighted by Crippen LogP contribution is -2.14. The Balaban J connectivity index is 1.73. The van der Waals surface area contributed by atoms with E-state index in [-0.39, 0.29) is 5.41 Å². The number of aliphatic carboxylic acids is 1. The monoisotopic (exact) mass is 374 g/mol. The van der Waals surface area contributed by atoms with Gasteiger partial charge in [-0.15, -0.1) is 0 Å². The summed E-state index contributed by atoms with van der Waals surface area (Å²) in [7, 11) is 0. The van der Waals surface area contributed by atoms with Gasteiger partial charge in [-0.3, -0.25) is 4.79 Å². The number of hydrogen-bond acceptors (Lipinski definition) is 2. The van der Waals surface area contributed by atoms with Crippen LogP contribution in [0.25, 0.3) is 0 Å². The molecular formula is C24H38O3. The molecule has 1 aliphatic rings. The molecule has 0 atom stereocenters. The molecule has 0 unspecified atom stereocenters. The highest BCUT2D eigenvalue weighted by Gasteiger charge is 2.49. The topological polar surface area (TPSA) is 57.5 Å². The second kappa shape index (κ2) is 9.61. The predicted octanol–water partition coefficient (Wildman–Crippen LogP) is 6.51. The number of aromatic hydroxyl groups is 1. The van der Waals surface area contributed by atoms with Gasteiger partial charge in [0.2, 0.25) is 0 Å². The number of carbonyl (C=O) groups is 1. The molecule has 0 amide bonds. The summed E-state index contributed by atoms with van der Waals surface area (Å²) in [6, 6.07) is 5.89. The summed E-state index contributed by atoms with van der Waals surface area (Å²) in [5, 5.41) is 19.5. The molecule has 27 heavy (non-hydrogen) atoms. The van der Waals surface area contributed by atoms with Gasteiger partial charge < -0.3 is 10.2 Å². The fraction of sp³-hybridized carbons (Fsp3) is 0.708. The number of rotatable bonds is 12. The van der Waals surface area contributed by atoms with E-state index in [1.165, 1.54) is 24.8 Å². The van der Waals surface area contributed by atoms with E-state index >= 15 is 0 Å². The maximum atomic E-state index is 11.2. The van der Waals surface area contributed by atoms with E-state index in [1.807, 2.05) is 6.07 Å². The van der Waals surface area contributed by atoms with E-state index in [1.54, 1.807) is 6.07 Å². The summed E-state index contributed by atoms with van der Waals surface area (Å²) < 4.78 is 0. The minimum Gasteiger partial charge on any atom is -0.508 e. The summed E-state index contributed by atoms with van der Waals surface area (Å²) >= 11 is 0. The largest absolute Gasteiger partial charge is 0.508 e. The summed E-state index contributed by atoms with van der Waals surface area (Å²) in [6.07, 6.45) is 12.4. The maximum absolute atomic E-state index is 11.2. The Kier molecular flexibility index (Phi) is 7.76. The third kappa shape index (κ3) is 7.20. The maximum Gasteiger partial charge on any atom is 0.309 e. The van der Waals surface area contributed by atoms with Gasteiger partial charge in [0.15, 0.2) is 0 Å². The van der Waals surface area contributed by atoms with Crippen LogP contribution < -0.4 is 0 Å². The van der Waals surface area contributed by atoms with Crippen LogP contribution in [0.15, 0.2) is 18.2 Å². The molecule has 1 fully saturated rings. The van der Waals surface area contributed by atoms with Crippen molar-refractivity contribution in [2.24, 2.45) is 10.8 Å². The zero-order valence-electron chi connectivity index (χ0n) is 17.5. The fourth-order valence-corrected chi connectivity index (χ4v) is 3.96. The minimum atomic E-state index is -0.607. The molecule has 2 N–H and O–H groups in total. The van der Waals surface area contributed by atoms with E-state index in [4.69, 9.17) is 0 Å². The summed E-state index contributed by atoms with van der Waals surface area (Å²) in [5.74, 6) is -0.171. The van der Waals surface area contributed by atoms with E-state index in [0.29, 0.717) is 11.2 Å². The molecule has 0 aromatic heterocycles. The highest BCUT2D eigenvalue weighted by Crippen LogP contribution is 2.50. The van der Waals surface area contributed by atoms with Crippen LogP contribution in [0, 0.1) is 10.8 Å². The van der Waals surface area contributed by atoms with Crippen LogP contribution in [-0.4, -0.2) is 16.2 Å². The average Bonchev–Trinajstić information content (AvgIpc) is 3.36. The molecule has 3 heteroatoms. The summed E-state index contributed by atoms with van der Waals surface area (Å²) in [4.78, 5) is 11.2. The number of carboxylic acids is 1. The van der Waals surface area contributed by atoms with Crippen LogP contribution in [0.3, 0.4) is 0 Å². The number of unbranched alkanes of at least 4 members (excludes halogenated alkanes) is 4. The average molecular weight is 375 g/mol. The normalized spacial score (nSPS) is 15.7. The lowest BCUT2D eigenvalue weighted by molar-refractivity contribution is -0.143. The Hall–Kier alpha value is -1.51. The third-order valence-electron chi connectivity index (χ3n) is 6.01. The van der Waals surface area contributed by atoms with Crippen molar-refractivity contribution in [1.29, 1.82) is 0 Å². The molecule has 1 aromatic rings. The first-order valence-corrected chi connectivity index (χ1v) is 10.8. The number of phenols is 1.